The zero-order valence-electron chi connectivity index (χ0n) is 12.6. The van der Waals surface area contributed by atoms with Gasteiger partial charge in [-0.2, -0.15) is 5.01 Å². The van der Waals surface area contributed by atoms with Crippen molar-refractivity contribution >= 4 is 12.2 Å². The minimum atomic E-state index is -1.48. The molecule has 118 valence electrons. The van der Waals surface area contributed by atoms with Crippen LogP contribution in [0.2, 0.25) is 0 Å². The molecule has 0 aromatic rings. The Hall–Kier alpha value is -1.76. The molecule has 0 radical (unpaired) electrons. The summed E-state index contributed by atoms with van der Waals surface area (Å²) in [6.45, 7) is 5.52. The Bertz CT molecular complexity index is 453. The van der Waals surface area contributed by atoms with Crippen molar-refractivity contribution in [1.29, 1.82) is 0 Å². The van der Waals surface area contributed by atoms with E-state index < -0.39 is 17.9 Å². The van der Waals surface area contributed by atoms with E-state index in [0.717, 1.165) is 5.01 Å². The quantitative estimate of drug-likeness (QED) is 0.787. The largest absolute Gasteiger partial charge is 0.448 e. The lowest BCUT2D eigenvalue weighted by Gasteiger charge is -2.50. The summed E-state index contributed by atoms with van der Waals surface area (Å²) in [5.74, 6) is -0.314. The Labute approximate surface area is 124 Å². The van der Waals surface area contributed by atoms with Crippen LogP contribution in [0.3, 0.4) is 0 Å². The summed E-state index contributed by atoms with van der Waals surface area (Å²) in [6, 6.07) is -0.321. The van der Waals surface area contributed by atoms with E-state index in [9.17, 15) is 14.7 Å². The van der Waals surface area contributed by atoms with Crippen LogP contribution in [0, 0.1) is 5.92 Å². The first-order valence-corrected chi connectivity index (χ1v) is 7.29. The highest BCUT2D eigenvalue weighted by atomic mass is 16.6. The number of hydrogen-bond donors (Lipinski definition) is 1. The minimum Gasteiger partial charge on any atom is -0.448 e. The van der Waals surface area contributed by atoms with Crippen LogP contribution in [0.15, 0.2) is 12.2 Å². The van der Waals surface area contributed by atoms with Gasteiger partial charge in [-0.3, -0.25) is 0 Å². The molecule has 21 heavy (non-hydrogen) atoms. The molecule has 2 bridgehead atoms. The van der Waals surface area contributed by atoms with E-state index in [0.29, 0.717) is 12.8 Å². The summed E-state index contributed by atoms with van der Waals surface area (Å²) >= 11 is 0. The zero-order valence-corrected chi connectivity index (χ0v) is 12.6. The fraction of sp³-hybridized carbons (Fsp3) is 0.714. The predicted octanol–water partition coefficient (Wildman–Crippen LogP) is 1.88. The van der Waals surface area contributed by atoms with Crippen molar-refractivity contribution in [2.75, 3.05) is 13.2 Å². The zero-order chi connectivity index (χ0) is 15.6. The van der Waals surface area contributed by atoms with Crippen LogP contribution in [-0.4, -0.2) is 52.3 Å². The molecule has 7 nitrogen and oxygen atoms in total. The summed E-state index contributed by atoms with van der Waals surface area (Å²) < 4.78 is 10.0. The van der Waals surface area contributed by atoms with Crippen molar-refractivity contribution in [3.8, 4) is 0 Å². The molecule has 2 aliphatic heterocycles. The highest BCUT2D eigenvalue weighted by Gasteiger charge is 2.54. The smallest absolute Gasteiger partial charge is 0.431 e. The number of carbonyl (C=O) groups is 2. The molecule has 3 atom stereocenters. The van der Waals surface area contributed by atoms with Crippen molar-refractivity contribution < 1.29 is 24.2 Å². The van der Waals surface area contributed by atoms with E-state index in [1.54, 1.807) is 20.8 Å². The predicted molar refractivity (Wildman–Crippen MR) is 74.0 cm³/mol. The van der Waals surface area contributed by atoms with Crippen LogP contribution >= 0.6 is 0 Å². The lowest BCUT2D eigenvalue weighted by atomic mass is 9.92. The van der Waals surface area contributed by atoms with Gasteiger partial charge in [-0.1, -0.05) is 19.1 Å². The van der Waals surface area contributed by atoms with Crippen LogP contribution in [-0.2, 0) is 9.47 Å². The average Bonchev–Trinajstić information content (AvgIpc) is 2.65. The molecule has 3 rings (SSSR count). The number of hydrogen-bond acceptors (Lipinski definition) is 5. The summed E-state index contributed by atoms with van der Waals surface area (Å²) in [5.41, 5.74) is -1.48. The van der Waals surface area contributed by atoms with Gasteiger partial charge >= 0.3 is 12.2 Å². The van der Waals surface area contributed by atoms with Gasteiger partial charge in [0.2, 0.25) is 0 Å². The molecule has 0 spiro atoms. The van der Waals surface area contributed by atoms with Gasteiger partial charge in [0, 0.05) is 5.92 Å². The lowest BCUT2D eigenvalue weighted by molar-refractivity contribution is -0.225. The fourth-order valence-corrected chi connectivity index (χ4v) is 2.81. The van der Waals surface area contributed by atoms with Gasteiger partial charge in [-0.25, -0.2) is 14.6 Å². The minimum absolute atomic E-state index is 0.161. The summed E-state index contributed by atoms with van der Waals surface area (Å²) in [7, 11) is 0. The Morgan fingerprint density at radius 1 is 1.24 bits per heavy atom. The van der Waals surface area contributed by atoms with Crippen LogP contribution < -0.4 is 0 Å². The van der Waals surface area contributed by atoms with Gasteiger partial charge in [-0.15, -0.1) is 0 Å². The second-order valence-electron chi connectivity index (χ2n) is 5.21. The van der Waals surface area contributed by atoms with Crippen LogP contribution in [0.1, 0.15) is 33.6 Å². The number of fused-ring (bicyclic) bond motifs is 3. The molecule has 0 aromatic carbocycles. The molecule has 2 heterocycles. The summed E-state index contributed by atoms with van der Waals surface area (Å²) in [6.07, 6.45) is 3.19. The second kappa shape index (κ2) is 5.93. The monoisotopic (exact) mass is 298 g/mol. The Balaban J connectivity index is 2.42. The standard InChI is InChI=1S/C14H22N2O5/c1-4-20-12(17)15-11-7-6-10(3)14(19,9-8-11)16(15)13(18)21-5-2/h6-7,10-11,19H,4-5,8-9H2,1-3H3/t10?,11-,14+/m1/s1. The first-order chi connectivity index (χ1) is 9.95. The van der Waals surface area contributed by atoms with Crippen molar-refractivity contribution in [1.82, 2.24) is 10.0 Å². The van der Waals surface area contributed by atoms with E-state index in [1.165, 1.54) is 5.01 Å². The Kier molecular flexibility index (Phi) is 4.41. The van der Waals surface area contributed by atoms with Gasteiger partial charge in [0.05, 0.1) is 19.3 Å². The van der Waals surface area contributed by atoms with Gasteiger partial charge in [-0.05, 0) is 26.7 Å². The highest BCUT2D eigenvalue weighted by Crippen LogP contribution is 2.40. The van der Waals surface area contributed by atoms with Crippen molar-refractivity contribution in [2.45, 2.75) is 45.4 Å². The maximum absolute atomic E-state index is 12.3. The third-order valence-corrected chi connectivity index (χ3v) is 3.95. The third-order valence-electron chi connectivity index (χ3n) is 3.95. The molecule has 1 aliphatic carbocycles. The number of hydrazine groups is 1. The van der Waals surface area contributed by atoms with E-state index in [4.69, 9.17) is 9.47 Å². The average molecular weight is 298 g/mol. The maximum atomic E-state index is 12.3. The second-order valence-corrected chi connectivity index (χ2v) is 5.21. The van der Waals surface area contributed by atoms with E-state index >= 15 is 0 Å². The number of nitrogens with zero attached hydrogens (tertiary/aromatic N) is 2. The first kappa shape index (κ1) is 15.6. The van der Waals surface area contributed by atoms with E-state index in [2.05, 4.69) is 0 Å². The highest BCUT2D eigenvalue weighted by molar-refractivity contribution is 5.76. The van der Waals surface area contributed by atoms with Crippen molar-refractivity contribution in [3.63, 3.8) is 0 Å². The van der Waals surface area contributed by atoms with Crippen LogP contribution in [0.25, 0.3) is 0 Å². The van der Waals surface area contributed by atoms with Gasteiger partial charge in [0.25, 0.3) is 0 Å². The molecule has 2 amide bonds. The van der Waals surface area contributed by atoms with Crippen LogP contribution in [0.5, 0.6) is 0 Å². The van der Waals surface area contributed by atoms with Crippen molar-refractivity contribution in [2.24, 2.45) is 5.92 Å². The molecule has 1 fully saturated rings. The molecule has 1 N–H and O–H groups in total. The third kappa shape index (κ3) is 2.57. The molecule has 1 saturated heterocycles. The summed E-state index contributed by atoms with van der Waals surface area (Å²) in [4.78, 5) is 24.5. The fourth-order valence-electron chi connectivity index (χ4n) is 2.81. The Morgan fingerprint density at radius 3 is 2.48 bits per heavy atom. The normalized spacial score (nSPS) is 31.0. The molecule has 0 saturated carbocycles. The van der Waals surface area contributed by atoms with Gasteiger partial charge in [0.1, 0.15) is 0 Å². The molecular formula is C14H22N2O5. The molecule has 1 unspecified atom stereocenters. The molecule has 0 aromatic heterocycles. The topological polar surface area (TPSA) is 79.3 Å². The molecular weight excluding hydrogens is 276 g/mol. The summed E-state index contributed by atoms with van der Waals surface area (Å²) in [5, 5.41) is 13.1. The number of carbonyl (C=O) groups excluding carboxylic acids is 2. The van der Waals surface area contributed by atoms with E-state index in [-0.39, 0.29) is 25.2 Å². The Morgan fingerprint density at radius 2 is 1.86 bits per heavy atom. The number of amides is 2. The molecule has 3 aliphatic rings. The number of rotatable bonds is 2. The lowest BCUT2D eigenvalue weighted by Crippen LogP contribution is -2.68. The molecule has 7 heteroatoms. The maximum Gasteiger partial charge on any atom is 0.431 e. The SMILES string of the molecule is CCOC(=O)N1[C@@H]2C=CC(C)[C@@](O)(CC2)N1C(=O)OCC. The van der Waals surface area contributed by atoms with Crippen LogP contribution in [0.4, 0.5) is 9.59 Å². The van der Waals surface area contributed by atoms with Crippen molar-refractivity contribution in [3.05, 3.63) is 12.2 Å². The van der Waals surface area contributed by atoms with E-state index in [1.807, 2.05) is 12.2 Å². The number of ether oxygens (including phenoxy) is 2. The van der Waals surface area contributed by atoms with Gasteiger partial charge in [0.15, 0.2) is 5.72 Å². The van der Waals surface area contributed by atoms with Gasteiger partial charge < -0.3 is 14.6 Å². The first-order valence-electron chi connectivity index (χ1n) is 7.29. The number of aliphatic hydroxyl groups is 1.